The van der Waals surface area contributed by atoms with Crippen LogP contribution in [-0.4, -0.2) is 10.1 Å². The zero-order valence-corrected chi connectivity index (χ0v) is 15.2. The van der Waals surface area contributed by atoms with E-state index >= 15 is 0 Å². The summed E-state index contributed by atoms with van der Waals surface area (Å²) in [6.45, 7) is 0. The number of benzene rings is 3. The Labute approximate surface area is 162 Å². The number of para-hydroxylation sites is 1. The molecular weight excluding hydrogens is 354 g/mol. The predicted molar refractivity (Wildman–Crippen MR) is 115 cm³/mol. The van der Waals surface area contributed by atoms with Gasteiger partial charge in [-0.05, 0) is 60.7 Å². The average Bonchev–Trinajstić information content (AvgIpc) is 2.71. The molecule has 4 nitrogen and oxygen atoms in total. The van der Waals surface area contributed by atoms with E-state index in [0.717, 1.165) is 33.6 Å². The molecule has 0 amide bonds. The Morgan fingerprint density at radius 3 is 2.37 bits per heavy atom. The van der Waals surface area contributed by atoms with Gasteiger partial charge < -0.3 is 15.4 Å². The van der Waals surface area contributed by atoms with Gasteiger partial charge in [-0.2, -0.15) is 0 Å². The van der Waals surface area contributed by atoms with Gasteiger partial charge in [0.25, 0.3) is 0 Å². The molecule has 132 valence electrons. The minimum Gasteiger partial charge on any atom is -0.457 e. The van der Waals surface area contributed by atoms with E-state index in [1.54, 1.807) is 6.20 Å². The van der Waals surface area contributed by atoms with Gasteiger partial charge in [0.2, 0.25) is 0 Å². The van der Waals surface area contributed by atoms with Crippen LogP contribution in [0.2, 0.25) is 0 Å². The van der Waals surface area contributed by atoms with Crippen molar-refractivity contribution < 1.29 is 4.74 Å². The topological polar surface area (TPSA) is 46.2 Å². The molecule has 4 rings (SSSR count). The number of ether oxygens (including phenoxy) is 1. The highest BCUT2D eigenvalue weighted by Gasteiger charge is 2.04. The summed E-state index contributed by atoms with van der Waals surface area (Å²) in [5.74, 6) is 1.58. The predicted octanol–water partition coefficient (Wildman–Crippen LogP) is 5.84. The first-order valence-electron chi connectivity index (χ1n) is 8.52. The maximum atomic E-state index is 5.80. The number of thiocarbonyl (C=S) groups is 1. The molecule has 0 bridgehead atoms. The number of pyridine rings is 1. The number of anilines is 2. The average molecular weight is 371 g/mol. The molecule has 2 N–H and O–H groups in total. The van der Waals surface area contributed by atoms with E-state index in [9.17, 15) is 0 Å². The smallest absolute Gasteiger partial charge is 0.175 e. The quantitative estimate of drug-likeness (QED) is 0.442. The molecule has 0 unspecified atom stereocenters. The SMILES string of the molecule is S=C(Nc1ccc(Oc2ccccc2)cc1)Nc1cccc2cnccc12. The molecule has 0 saturated carbocycles. The summed E-state index contributed by atoms with van der Waals surface area (Å²) in [6, 6.07) is 25.3. The van der Waals surface area contributed by atoms with Gasteiger partial charge in [-0.3, -0.25) is 4.98 Å². The molecule has 0 radical (unpaired) electrons. The third kappa shape index (κ3) is 4.22. The minimum absolute atomic E-state index is 0.524. The molecule has 0 atom stereocenters. The highest BCUT2D eigenvalue weighted by molar-refractivity contribution is 7.80. The first-order chi connectivity index (χ1) is 13.3. The van der Waals surface area contributed by atoms with Gasteiger partial charge in [0.05, 0.1) is 0 Å². The van der Waals surface area contributed by atoms with Gasteiger partial charge in [0.15, 0.2) is 5.11 Å². The van der Waals surface area contributed by atoms with E-state index in [0.29, 0.717) is 5.11 Å². The fourth-order valence-electron chi connectivity index (χ4n) is 2.75. The molecule has 1 heterocycles. The van der Waals surface area contributed by atoms with Crippen LogP contribution in [0.15, 0.2) is 91.3 Å². The van der Waals surface area contributed by atoms with Crippen LogP contribution in [0.3, 0.4) is 0 Å². The molecule has 0 spiro atoms. The van der Waals surface area contributed by atoms with Crippen LogP contribution in [0.1, 0.15) is 0 Å². The largest absolute Gasteiger partial charge is 0.457 e. The molecule has 5 heteroatoms. The van der Waals surface area contributed by atoms with Gasteiger partial charge in [-0.25, -0.2) is 0 Å². The van der Waals surface area contributed by atoms with E-state index < -0.39 is 0 Å². The Kier molecular flexibility index (Phi) is 4.94. The number of fused-ring (bicyclic) bond motifs is 1. The van der Waals surface area contributed by atoms with Gasteiger partial charge in [-0.15, -0.1) is 0 Å². The summed E-state index contributed by atoms with van der Waals surface area (Å²) in [6.07, 6.45) is 3.61. The number of hydrogen-bond acceptors (Lipinski definition) is 3. The molecule has 0 aliphatic carbocycles. The van der Waals surface area contributed by atoms with Crippen LogP contribution in [0.5, 0.6) is 11.5 Å². The van der Waals surface area contributed by atoms with Crippen molar-refractivity contribution in [2.75, 3.05) is 10.6 Å². The summed E-state index contributed by atoms with van der Waals surface area (Å²) in [5, 5.41) is 9.10. The Balaban J connectivity index is 1.42. The second-order valence-corrected chi connectivity index (χ2v) is 6.33. The van der Waals surface area contributed by atoms with E-state index in [2.05, 4.69) is 15.6 Å². The Hall–Kier alpha value is -3.44. The summed E-state index contributed by atoms with van der Waals surface area (Å²) in [4.78, 5) is 4.15. The molecular formula is C22H17N3OS. The van der Waals surface area contributed by atoms with Gasteiger partial charge in [0.1, 0.15) is 11.5 Å². The van der Waals surface area contributed by atoms with Gasteiger partial charge >= 0.3 is 0 Å². The lowest BCUT2D eigenvalue weighted by Gasteiger charge is -2.13. The van der Waals surface area contributed by atoms with E-state index in [1.807, 2.05) is 85.1 Å². The molecule has 0 saturated heterocycles. The molecule has 4 aromatic rings. The number of nitrogens with zero attached hydrogens (tertiary/aromatic N) is 1. The normalized spacial score (nSPS) is 10.4. The summed E-state index contributed by atoms with van der Waals surface area (Å²) in [5.41, 5.74) is 1.83. The summed E-state index contributed by atoms with van der Waals surface area (Å²) < 4.78 is 5.80. The lowest BCUT2D eigenvalue weighted by molar-refractivity contribution is 0.483. The minimum atomic E-state index is 0.524. The first kappa shape index (κ1) is 17.0. The van der Waals surface area contributed by atoms with Gasteiger partial charge in [-0.1, -0.05) is 30.3 Å². The van der Waals surface area contributed by atoms with E-state index in [-0.39, 0.29) is 0 Å². The lowest BCUT2D eigenvalue weighted by atomic mass is 10.1. The van der Waals surface area contributed by atoms with E-state index in [1.165, 1.54) is 0 Å². The van der Waals surface area contributed by atoms with Crippen LogP contribution in [0.4, 0.5) is 11.4 Å². The standard InChI is InChI=1S/C22H17N3OS/c27-22(25-21-8-4-5-16-15-23-14-13-20(16)21)24-17-9-11-19(12-10-17)26-18-6-2-1-3-7-18/h1-15H,(H2,24,25,27). The van der Waals surface area contributed by atoms with Crippen LogP contribution < -0.4 is 15.4 Å². The third-order valence-electron chi connectivity index (χ3n) is 4.02. The van der Waals surface area contributed by atoms with Crippen LogP contribution in [0.25, 0.3) is 10.8 Å². The highest BCUT2D eigenvalue weighted by Crippen LogP contribution is 2.24. The molecule has 1 aromatic heterocycles. The number of rotatable bonds is 4. The number of aromatic nitrogens is 1. The van der Waals surface area contributed by atoms with Crippen molar-refractivity contribution in [3.8, 4) is 11.5 Å². The maximum Gasteiger partial charge on any atom is 0.175 e. The Morgan fingerprint density at radius 1 is 0.778 bits per heavy atom. The van der Waals surface area contributed by atoms with Gasteiger partial charge in [0, 0.05) is 34.5 Å². The second kappa shape index (κ2) is 7.85. The van der Waals surface area contributed by atoms with Crippen molar-refractivity contribution in [2.24, 2.45) is 0 Å². The van der Waals surface area contributed by atoms with Crippen LogP contribution >= 0.6 is 12.2 Å². The summed E-state index contributed by atoms with van der Waals surface area (Å²) >= 11 is 5.45. The summed E-state index contributed by atoms with van der Waals surface area (Å²) in [7, 11) is 0. The van der Waals surface area contributed by atoms with Crippen molar-refractivity contribution in [3.63, 3.8) is 0 Å². The first-order valence-corrected chi connectivity index (χ1v) is 8.92. The van der Waals surface area contributed by atoms with Crippen molar-refractivity contribution >= 4 is 39.5 Å². The van der Waals surface area contributed by atoms with Crippen molar-refractivity contribution in [2.45, 2.75) is 0 Å². The molecule has 3 aromatic carbocycles. The Bertz CT molecular complexity index is 1060. The lowest BCUT2D eigenvalue weighted by Crippen LogP contribution is -2.19. The molecule has 0 aliphatic heterocycles. The monoisotopic (exact) mass is 371 g/mol. The zero-order chi connectivity index (χ0) is 18.5. The number of nitrogens with one attached hydrogen (secondary N) is 2. The third-order valence-corrected chi connectivity index (χ3v) is 4.22. The molecule has 0 aliphatic rings. The number of hydrogen-bond donors (Lipinski definition) is 2. The van der Waals surface area contributed by atoms with Crippen LogP contribution in [0, 0.1) is 0 Å². The fourth-order valence-corrected chi connectivity index (χ4v) is 2.97. The van der Waals surface area contributed by atoms with Crippen molar-refractivity contribution in [1.82, 2.24) is 4.98 Å². The fraction of sp³-hybridized carbons (Fsp3) is 0. The van der Waals surface area contributed by atoms with Crippen molar-refractivity contribution in [1.29, 1.82) is 0 Å². The highest BCUT2D eigenvalue weighted by atomic mass is 32.1. The van der Waals surface area contributed by atoms with E-state index in [4.69, 9.17) is 17.0 Å². The van der Waals surface area contributed by atoms with Crippen molar-refractivity contribution in [3.05, 3.63) is 91.3 Å². The Morgan fingerprint density at radius 2 is 1.56 bits per heavy atom. The zero-order valence-electron chi connectivity index (χ0n) is 14.4. The van der Waals surface area contributed by atoms with Crippen LogP contribution in [-0.2, 0) is 0 Å². The molecule has 27 heavy (non-hydrogen) atoms. The molecule has 0 fully saturated rings. The second-order valence-electron chi connectivity index (χ2n) is 5.92. The maximum absolute atomic E-state index is 5.80.